The summed E-state index contributed by atoms with van der Waals surface area (Å²) in [5.41, 5.74) is -1.48. The van der Waals surface area contributed by atoms with Gasteiger partial charge in [-0.1, -0.05) is 0 Å². The molecule has 0 spiro atoms. The first-order valence-electron chi connectivity index (χ1n) is 6.24. The minimum absolute atomic E-state index is 0.139. The number of carboxylic acid groups (broad SMARTS) is 1. The van der Waals surface area contributed by atoms with Crippen molar-refractivity contribution in [1.82, 2.24) is 20.4 Å². The fourth-order valence-corrected chi connectivity index (χ4v) is 1.67. The van der Waals surface area contributed by atoms with Gasteiger partial charge in [-0.3, -0.25) is 9.48 Å². The van der Waals surface area contributed by atoms with Crippen LogP contribution in [-0.2, 0) is 11.3 Å². The Morgan fingerprint density at radius 3 is 2.75 bits per heavy atom. The number of hydrogen-bond donors (Lipinski definition) is 4. The largest absolute Gasteiger partial charge is 0.481 e. The van der Waals surface area contributed by atoms with Crippen LogP contribution in [0.15, 0.2) is 18.5 Å². The third-order valence-electron chi connectivity index (χ3n) is 2.56. The van der Waals surface area contributed by atoms with Crippen LogP contribution in [0.25, 0.3) is 0 Å². The van der Waals surface area contributed by atoms with Crippen molar-refractivity contribution in [3.63, 3.8) is 0 Å². The molecule has 1 heterocycles. The molecule has 0 aliphatic heterocycles. The van der Waals surface area contributed by atoms with Crippen molar-refractivity contribution < 1.29 is 19.8 Å². The maximum absolute atomic E-state index is 11.6. The first-order valence-corrected chi connectivity index (χ1v) is 6.24. The summed E-state index contributed by atoms with van der Waals surface area (Å²) in [6.45, 7) is 3.55. The van der Waals surface area contributed by atoms with E-state index in [2.05, 4.69) is 15.7 Å². The smallest absolute Gasteiger partial charge is 0.315 e. The second-order valence-electron chi connectivity index (χ2n) is 5.02. The topological polar surface area (TPSA) is 116 Å². The van der Waals surface area contributed by atoms with E-state index >= 15 is 0 Å². The third-order valence-corrected chi connectivity index (χ3v) is 2.56. The van der Waals surface area contributed by atoms with Gasteiger partial charge in [0.25, 0.3) is 0 Å². The third kappa shape index (κ3) is 6.19. The number of nitrogens with one attached hydrogen (secondary N) is 2. The molecule has 0 bridgehead atoms. The van der Waals surface area contributed by atoms with Gasteiger partial charge in [0.2, 0.25) is 0 Å². The number of aliphatic hydroxyl groups is 1. The van der Waals surface area contributed by atoms with E-state index in [1.807, 2.05) is 6.92 Å². The number of hydrogen-bond acceptors (Lipinski definition) is 4. The fraction of sp³-hybridized carbons (Fsp3) is 0.583. The number of rotatable bonds is 7. The zero-order valence-corrected chi connectivity index (χ0v) is 11.5. The van der Waals surface area contributed by atoms with Crippen LogP contribution in [-0.4, -0.2) is 50.2 Å². The van der Waals surface area contributed by atoms with Gasteiger partial charge in [-0.05, 0) is 19.9 Å². The van der Waals surface area contributed by atoms with Crippen LogP contribution in [0.1, 0.15) is 20.3 Å². The van der Waals surface area contributed by atoms with Crippen LogP contribution in [0.4, 0.5) is 4.79 Å². The first kappa shape index (κ1) is 16.0. The normalized spacial score (nSPS) is 15.2. The molecule has 2 unspecified atom stereocenters. The van der Waals surface area contributed by atoms with Crippen LogP contribution in [0.2, 0.25) is 0 Å². The molecule has 8 heteroatoms. The molecule has 4 N–H and O–H groups in total. The summed E-state index contributed by atoms with van der Waals surface area (Å²) >= 11 is 0. The number of nitrogens with zero attached hydrogens (tertiary/aromatic N) is 2. The summed E-state index contributed by atoms with van der Waals surface area (Å²) in [7, 11) is 0. The van der Waals surface area contributed by atoms with E-state index in [1.165, 1.54) is 6.92 Å². The summed E-state index contributed by atoms with van der Waals surface area (Å²) in [5.74, 6) is -1.12. The van der Waals surface area contributed by atoms with E-state index in [1.54, 1.807) is 23.1 Å². The Morgan fingerprint density at radius 2 is 2.20 bits per heavy atom. The number of amides is 2. The van der Waals surface area contributed by atoms with E-state index in [-0.39, 0.29) is 12.6 Å². The first-order chi connectivity index (χ1) is 9.28. The number of carbonyl (C=O) groups excluding carboxylic acids is 1. The number of carboxylic acids is 1. The lowest BCUT2D eigenvalue weighted by Crippen LogP contribution is -2.48. The Bertz CT molecular complexity index is 444. The lowest BCUT2D eigenvalue weighted by molar-refractivity contribution is -0.141. The lowest BCUT2D eigenvalue weighted by Gasteiger charge is -2.22. The molecule has 0 aliphatic rings. The van der Waals surface area contributed by atoms with Gasteiger partial charge < -0.3 is 20.8 Å². The lowest BCUT2D eigenvalue weighted by atomic mass is 10.0. The van der Waals surface area contributed by atoms with Crippen LogP contribution in [0, 0.1) is 0 Å². The van der Waals surface area contributed by atoms with Gasteiger partial charge in [-0.15, -0.1) is 0 Å². The Labute approximate surface area is 116 Å². The molecular formula is C12H20N4O4. The van der Waals surface area contributed by atoms with Crippen molar-refractivity contribution in [1.29, 1.82) is 0 Å². The quantitative estimate of drug-likeness (QED) is 0.553. The molecule has 1 aromatic heterocycles. The molecule has 1 aromatic rings. The standard InChI is InChI=1S/C12H20N4O4/c1-9(7-16-5-3-4-14-16)15-11(19)13-8-12(2,20)6-10(17)18/h3-5,9,20H,6-8H2,1-2H3,(H,17,18)(H2,13,15,19). The van der Waals surface area contributed by atoms with Gasteiger partial charge in [0.05, 0.1) is 18.6 Å². The van der Waals surface area contributed by atoms with Crippen molar-refractivity contribution in [2.45, 2.75) is 38.5 Å². The highest BCUT2D eigenvalue weighted by Crippen LogP contribution is 2.07. The Balaban J connectivity index is 2.31. The number of aliphatic carboxylic acids is 1. The predicted molar refractivity (Wildman–Crippen MR) is 71.1 cm³/mol. The maximum atomic E-state index is 11.6. The average molecular weight is 284 g/mol. The Morgan fingerprint density at radius 1 is 1.50 bits per heavy atom. The van der Waals surface area contributed by atoms with Crippen LogP contribution < -0.4 is 10.6 Å². The molecule has 2 atom stereocenters. The summed E-state index contributed by atoms with van der Waals surface area (Å²) in [5, 5.41) is 27.5. The second-order valence-corrected chi connectivity index (χ2v) is 5.02. The Kier molecular flexibility index (Phi) is 5.51. The number of aromatic nitrogens is 2. The summed E-state index contributed by atoms with van der Waals surface area (Å²) in [6.07, 6.45) is 3.00. The van der Waals surface area contributed by atoms with Gasteiger partial charge in [-0.2, -0.15) is 5.10 Å². The van der Waals surface area contributed by atoms with Gasteiger partial charge in [0.15, 0.2) is 0 Å². The second kappa shape index (κ2) is 6.90. The average Bonchev–Trinajstić information content (AvgIpc) is 2.77. The molecule has 112 valence electrons. The fourth-order valence-electron chi connectivity index (χ4n) is 1.67. The SMILES string of the molecule is CC(Cn1cccn1)NC(=O)NCC(C)(O)CC(=O)O. The van der Waals surface area contributed by atoms with Gasteiger partial charge in [-0.25, -0.2) is 4.79 Å². The minimum Gasteiger partial charge on any atom is -0.481 e. The predicted octanol–water partition coefficient (Wildman–Crippen LogP) is -0.203. The summed E-state index contributed by atoms with van der Waals surface area (Å²) < 4.78 is 1.69. The van der Waals surface area contributed by atoms with Gasteiger partial charge >= 0.3 is 12.0 Å². The summed E-state index contributed by atoms with van der Waals surface area (Å²) in [6, 6.07) is 1.17. The zero-order valence-electron chi connectivity index (χ0n) is 11.5. The number of carbonyl (C=O) groups is 2. The van der Waals surface area contributed by atoms with E-state index in [0.717, 1.165) is 0 Å². The van der Waals surface area contributed by atoms with Crippen LogP contribution in [0.5, 0.6) is 0 Å². The van der Waals surface area contributed by atoms with E-state index in [9.17, 15) is 14.7 Å². The molecular weight excluding hydrogens is 264 g/mol. The molecule has 0 aromatic carbocycles. The molecule has 8 nitrogen and oxygen atoms in total. The molecule has 0 saturated heterocycles. The van der Waals surface area contributed by atoms with Crippen molar-refractivity contribution in [2.24, 2.45) is 0 Å². The molecule has 1 rings (SSSR count). The van der Waals surface area contributed by atoms with Crippen molar-refractivity contribution in [3.8, 4) is 0 Å². The van der Waals surface area contributed by atoms with Crippen molar-refractivity contribution in [3.05, 3.63) is 18.5 Å². The van der Waals surface area contributed by atoms with Gasteiger partial charge in [0, 0.05) is 25.0 Å². The van der Waals surface area contributed by atoms with Crippen LogP contribution >= 0.6 is 0 Å². The van der Waals surface area contributed by atoms with Crippen molar-refractivity contribution >= 4 is 12.0 Å². The van der Waals surface area contributed by atoms with Crippen molar-refractivity contribution in [2.75, 3.05) is 6.54 Å². The van der Waals surface area contributed by atoms with E-state index in [0.29, 0.717) is 6.54 Å². The highest BCUT2D eigenvalue weighted by molar-refractivity contribution is 5.74. The Hall–Kier alpha value is -2.09. The number of urea groups is 1. The van der Waals surface area contributed by atoms with Gasteiger partial charge in [0.1, 0.15) is 0 Å². The van der Waals surface area contributed by atoms with E-state index < -0.39 is 24.0 Å². The molecule has 2 amide bonds. The molecule has 0 radical (unpaired) electrons. The maximum Gasteiger partial charge on any atom is 0.315 e. The van der Waals surface area contributed by atoms with Crippen LogP contribution in [0.3, 0.4) is 0 Å². The molecule has 20 heavy (non-hydrogen) atoms. The molecule has 0 aliphatic carbocycles. The molecule has 0 saturated carbocycles. The monoisotopic (exact) mass is 284 g/mol. The molecule has 0 fully saturated rings. The highest BCUT2D eigenvalue weighted by Gasteiger charge is 2.24. The highest BCUT2D eigenvalue weighted by atomic mass is 16.4. The minimum atomic E-state index is -1.48. The van der Waals surface area contributed by atoms with E-state index in [4.69, 9.17) is 5.11 Å². The zero-order chi connectivity index (χ0) is 15.2. The summed E-state index contributed by atoms with van der Waals surface area (Å²) in [4.78, 5) is 22.1.